The fourth-order valence-corrected chi connectivity index (χ4v) is 7.11. The van der Waals surface area contributed by atoms with Crippen molar-refractivity contribution < 1.29 is 28.6 Å². The third-order valence-corrected chi connectivity index (χ3v) is 11.1. The van der Waals surface area contributed by atoms with Crippen molar-refractivity contribution in [2.75, 3.05) is 13.2 Å². The Bertz CT molecular complexity index is 1310. The molecule has 1 atom stereocenters. The van der Waals surface area contributed by atoms with Gasteiger partial charge in [0.2, 0.25) is 0 Å². The molecule has 1 unspecified atom stereocenters. The topological polar surface area (TPSA) is 78.9 Å². The van der Waals surface area contributed by atoms with Crippen LogP contribution in [0.5, 0.6) is 0 Å². The lowest BCUT2D eigenvalue weighted by Gasteiger charge is -2.18. The Balaban J connectivity index is 4.15. The van der Waals surface area contributed by atoms with Gasteiger partial charge in [0.1, 0.15) is 13.2 Å². The number of esters is 3. The van der Waals surface area contributed by atoms with E-state index in [4.69, 9.17) is 14.2 Å². The van der Waals surface area contributed by atoms with E-state index in [9.17, 15) is 14.4 Å². The number of ether oxygens (including phenoxy) is 3. The average Bonchev–Trinajstić information content (AvgIpc) is 3.30. The second kappa shape index (κ2) is 52.9. The molecule has 6 nitrogen and oxygen atoms in total. The van der Waals surface area contributed by atoms with Gasteiger partial charge in [-0.3, -0.25) is 14.4 Å². The first-order valence-electron chi connectivity index (χ1n) is 26.7. The van der Waals surface area contributed by atoms with Crippen LogP contribution in [0.3, 0.4) is 0 Å². The molecule has 0 radical (unpaired) electrons. The molecule has 0 spiro atoms. The highest BCUT2D eigenvalue weighted by atomic mass is 16.6. The molecular weight excluding hydrogens is 805 g/mol. The molecule has 0 N–H and O–H groups in total. The standard InChI is InChI=1S/C59H98O6/c1-4-7-10-13-15-17-19-21-23-24-25-26-27-28-29-30-31-32-33-34-36-37-39-41-43-46-49-52-58(61)64-55-56(54-63-57(60)51-48-45-12-9-6-3)65-59(62)53-50-47-44-42-40-38-35-22-20-18-16-14-11-8-5-2/h8,11,16,18-19,21-22,24-25,27-28,35,40,42,47,50,56H,4-7,9-10,12-15,17,20,23,26,29-34,36-39,41,43-46,48-49,51-55H2,1-3H3/b11-8-,18-16-,21-19-,25-24-,28-27-,35-22-,42-40-,50-47-. The van der Waals surface area contributed by atoms with Crippen LogP contribution in [0.15, 0.2) is 97.2 Å². The smallest absolute Gasteiger partial charge is 0.310 e. The predicted octanol–water partition coefficient (Wildman–Crippen LogP) is 17.8. The van der Waals surface area contributed by atoms with Gasteiger partial charge in [0.05, 0.1) is 6.42 Å². The Morgan fingerprint density at radius 2 is 0.646 bits per heavy atom. The molecule has 0 aliphatic heterocycles. The van der Waals surface area contributed by atoms with Gasteiger partial charge in [-0.15, -0.1) is 0 Å². The van der Waals surface area contributed by atoms with Gasteiger partial charge in [-0.2, -0.15) is 0 Å². The van der Waals surface area contributed by atoms with Gasteiger partial charge in [-0.1, -0.05) is 234 Å². The number of rotatable bonds is 47. The van der Waals surface area contributed by atoms with Crippen LogP contribution in [0.1, 0.15) is 239 Å². The van der Waals surface area contributed by atoms with Crippen LogP contribution in [0.2, 0.25) is 0 Å². The maximum atomic E-state index is 12.7. The van der Waals surface area contributed by atoms with E-state index >= 15 is 0 Å². The van der Waals surface area contributed by atoms with Gasteiger partial charge in [-0.25, -0.2) is 0 Å². The third-order valence-electron chi connectivity index (χ3n) is 11.1. The number of carbonyl (C=O) groups is 3. The first-order valence-corrected chi connectivity index (χ1v) is 26.7. The predicted molar refractivity (Wildman–Crippen MR) is 279 cm³/mol. The van der Waals surface area contributed by atoms with Crippen LogP contribution in [0.25, 0.3) is 0 Å². The fraction of sp³-hybridized carbons (Fsp3) is 0.678. The molecule has 0 heterocycles. The second-order valence-electron chi connectivity index (χ2n) is 17.4. The van der Waals surface area contributed by atoms with Crippen molar-refractivity contribution in [1.29, 1.82) is 0 Å². The number of carbonyl (C=O) groups excluding carboxylic acids is 3. The van der Waals surface area contributed by atoms with Crippen molar-refractivity contribution in [1.82, 2.24) is 0 Å². The summed E-state index contributed by atoms with van der Waals surface area (Å²) in [6, 6.07) is 0. The van der Waals surface area contributed by atoms with Crippen molar-refractivity contribution in [2.45, 2.75) is 245 Å². The van der Waals surface area contributed by atoms with Crippen LogP contribution in [0, 0.1) is 0 Å². The minimum Gasteiger partial charge on any atom is -0.462 e. The molecule has 6 heteroatoms. The van der Waals surface area contributed by atoms with Crippen molar-refractivity contribution in [3.8, 4) is 0 Å². The highest BCUT2D eigenvalue weighted by molar-refractivity contribution is 5.72. The zero-order valence-corrected chi connectivity index (χ0v) is 42.2. The summed E-state index contributed by atoms with van der Waals surface area (Å²) in [7, 11) is 0. The number of unbranched alkanes of at least 4 members (excludes halogenated alkanes) is 21. The van der Waals surface area contributed by atoms with Crippen LogP contribution in [0.4, 0.5) is 0 Å². The summed E-state index contributed by atoms with van der Waals surface area (Å²) in [6.45, 7) is 6.33. The number of hydrogen-bond donors (Lipinski definition) is 0. The molecular formula is C59H98O6. The molecule has 0 aliphatic rings. The molecule has 0 saturated carbocycles. The van der Waals surface area contributed by atoms with Crippen LogP contribution in [-0.4, -0.2) is 37.2 Å². The minimum atomic E-state index is -0.828. The summed E-state index contributed by atoms with van der Waals surface area (Å²) in [4.78, 5) is 37.6. The molecule has 0 aromatic rings. The first-order chi connectivity index (χ1) is 32.0. The highest BCUT2D eigenvalue weighted by Gasteiger charge is 2.19. The van der Waals surface area contributed by atoms with E-state index in [1.165, 1.54) is 103 Å². The summed E-state index contributed by atoms with van der Waals surface area (Å²) in [6.07, 6.45) is 70.4. The van der Waals surface area contributed by atoms with Gasteiger partial charge < -0.3 is 14.2 Å². The van der Waals surface area contributed by atoms with E-state index in [0.29, 0.717) is 12.8 Å². The quantitative estimate of drug-likeness (QED) is 0.0262. The molecule has 0 saturated heterocycles. The zero-order valence-electron chi connectivity index (χ0n) is 42.2. The molecule has 0 amide bonds. The van der Waals surface area contributed by atoms with Gasteiger partial charge in [0.25, 0.3) is 0 Å². The maximum absolute atomic E-state index is 12.7. The van der Waals surface area contributed by atoms with Gasteiger partial charge in [-0.05, 0) is 83.5 Å². The summed E-state index contributed by atoms with van der Waals surface area (Å²) in [5.74, 6) is -1.07. The first kappa shape index (κ1) is 61.3. The van der Waals surface area contributed by atoms with Gasteiger partial charge in [0, 0.05) is 12.8 Å². The summed E-state index contributed by atoms with van der Waals surface area (Å²) in [5, 5.41) is 0. The van der Waals surface area contributed by atoms with Crippen LogP contribution >= 0.6 is 0 Å². The largest absolute Gasteiger partial charge is 0.462 e. The Kier molecular flexibility index (Phi) is 50.0. The Morgan fingerprint density at radius 1 is 0.338 bits per heavy atom. The lowest BCUT2D eigenvalue weighted by molar-refractivity contribution is -0.166. The second-order valence-corrected chi connectivity index (χ2v) is 17.4. The third kappa shape index (κ3) is 51.2. The normalized spacial score (nSPS) is 12.8. The Hall–Kier alpha value is -3.67. The summed E-state index contributed by atoms with van der Waals surface area (Å²) in [5.41, 5.74) is 0. The SMILES string of the molecule is CC/C=C\C/C=C\C/C=C\C/C=C\C/C=C\CC(=O)OC(COC(=O)CCCCCCC)COC(=O)CCCCCCCCCCCCCC/C=C\C/C=C\C/C=C\CCCCCCC. The van der Waals surface area contributed by atoms with E-state index in [2.05, 4.69) is 106 Å². The minimum absolute atomic E-state index is 0.0954. The van der Waals surface area contributed by atoms with E-state index in [1.807, 2.05) is 6.08 Å². The van der Waals surface area contributed by atoms with E-state index in [0.717, 1.165) is 96.3 Å². The summed E-state index contributed by atoms with van der Waals surface area (Å²) >= 11 is 0. The van der Waals surface area contributed by atoms with E-state index < -0.39 is 12.1 Å². The number of allylic oxidation sites excluding steroid dienone is 15. The monoisotopic (exact) mass is 903 g/mol. The van der Waals surface area contributed by atoms with Crippen molar-refractivity contribution in [2.24, 2.45) is 0 Å². The Labute approximate surface area is 400 Å². The molecule has 0 aliphatic carbocycles. The molecule has 0 aromatic carbocycles. The number of hydrogen-bond acceptors (Lipinski definition) is 6. The van der Waals surface area contributed by atoms with E-state index in [1.54, 1.807) is 6.08 Å². The molecule has 0 fully saturated rings. The lowest BCUT2D eigenvalue weighted by Crippen LogP contribution is -2.30. The van der Waals surface area contributed by atoms with E-state index in [-0.39, 0.29) is 31.6 Å². The Morgan fingerprint density at radius 3 is 1.02 bits per heavy atom. The maximum Gasteiger partial charge on any atom is 0.310 e. The van der Waals surface area contributed by atoms with Crippen LogP contribution in [-0.2, 0) is 28.6 Å². The highest BCUT2D eigenvalue weighted by Crippen LogP contribution is 2.14. The molecule has 0 aromatic heterocycles. The lowest BCUT2D eigenvalue weighted by atomic mass is 10.0. The van der Waals surface area contributed by atoms with Crippen LogP contribution < -0.4 is 0 Å². The van der Waals surface area contributed by atoms with Crippen molar-refractivity contribution in [3.63, 3.8) is 0 Å². The average molecular weight is 903 g/mol. The van der Waals surface area contributed by atoms with Crippen molar-refractivity contribution >= 4 is 17.9 Å². The molecule has 370 valence electrons. The van der Waals surface area contributed by atoms with Gasteiger partial charge in [0.15, 0.2) is 6.10 Å². The molecule has 0 rings (SSSR count). The molecule has 0 bridgehead atoms. The summed E-state index contributed by atoms with van der Waals surface area (Å²) < 4.78 is 16.5. The molecule has 65 heavy (non-hydrogen) atoms. The zero-order chi connectivity index (χ0) is 47.2. The fourth-order valence-electron chi connectivity index (χ4n) is 7.11. The van der Waals surface area contributed by atoms with Crippen molar-refractivity contribution in [3.05, 3.63) is 97.2 Å². The van der Waals surface area contributed by atoms with Gasteiger partial charge >= 0.3 is 17.9 Å².